The minimum absolute atomic E-state index is 0.405. The number of carboxylic acid groups (broad SMARTS) is 1. The molecule has 0 aliphatic heterocycles. The van der Waals surface area contributed by atoms with Crippen molar-refractivity contribution in [3.63, 3.8) is 0 Å². The van der Waals surface area contributed by atoms with E-state index in [-0.39, 0.29) is 0 Å². The molecule has 1 aromatic carbocycles. The first-order valence-electron chi connectivity index (χ1n) is 5.03. The summed E-state index contributed by atoms with van der Waals surface area (Å²) in [4.78, 5) is 26.8. The van der Waals surface area contributed by atoms with Crippen LogP contribution >= 0.6 is 0 Å². The molecule has 0 aliphatic carbocycles. The summed E-state index contributed by atoms with van der Waals surface area (Å²) in [5, 5.41) is 9.89. The molecule has 0 bridgehead atoms. The number of hydrogen-bond donors (Lipinski definition) is 1. The van der Waals surface area contributed by atoms with Crippen LogP contribution in [0.4, 0.5) is 5.69 Å². The van der Waals surface area contributed by atoms with Gasteiger partial charge >= 0.3 is 11.9 Å². The van der Waals surface area contributed by atoms with Crippen LogP contribution in [-0.2, 0) is 14.4 Å². The van der Waals surface area contributed by atoms with Crippen molar-refractivity contribution in [1.29, 1.82) is 0 Å². The molecule has 0 heterocycles. The molecule has 1 N–H and O–H groups in total. The smallest absolute Gasteiger partial charge is 0.369 e. The quantitative estimate of drug-likeness (QED) is 0.363. The first-order valence-corrected chi connectivity index (χ1v) is 5.03. The Hall–Kier alpha value is -2.30. The molecular formula is C12H13NO4. The summed E-state index contributed by atoms with van der Waals surface area (Å²) in [5.41, 5.74) is 0.0703. The van der Waals surface area contributed by atoms with Crippen LogP contribution in [0.2, 0.25) is 0 Å². The number of carbonyl (C=O) groups excluding carboxylic acids is 1. The molecular weight excluding hydrogens is 222 g/mol. The highest BCUT2D eigenvalue weighted by molar-refractivity contribution is 6.12. The van der Waals surface area contributed by atoms with Gasteiger partial charge in [-0.05, 0) is 19.1 Å². The van der Waals surface area contributed by atoms with E-state index < -0.39 is 17.5 Å². The Balaban J connectivity index is 2.75. The molecule has 1 aromatic rings. The van der Waals surface area contributed by atoms with Crippen LogP contribution in [-0.4, -0.2) is 23.6 Å². The van der Waals surface area contributed by atoms with Gasteiger partial charge in [0.05, 0.1) is 12.2 Å². The van der Waals surface area contributed by atoms with Crippen LogP contribution < -0.4 is 5.06 Å². The predicted molar refractivity (Wildman–Crippen MR) is 62.3 cm³/mol. The standard InChI is InChI=1S/C12H13NO4/c1-3-13(10-7-5-4-6-8-10)17-12(16)9(2)11(14)15/h4-8H,2-3H2,1H3,(H,14,15). The van der Waals surface area contributed by atoms with E-state index in [2.05, 4.69) is 6.58 Å². The zero-order valence-electron chi connectivity index (χ0n) is 9.42. The van der Waals surface area contributed by atoms with Crippen molar-refractivity contribution in [2.75, 3.05) is 11.6 Å². The van der Waals surface area contributed by atoms with Gasteiger partial charge in [0.25, 0.3) is 0 Å². The van der Waals surface area contributed by atoms with Crippen LogP contribution in [0.15, 0.2) is 42.5 Å². The lowest BCUT2D eigenvalue weighted by atomic mass is 10.3. The fourth-order valence-corrected chi connectivity index (χ4v) is 1.14. The van der Waals surface area contributed by atoms with Gasteiger partial charge < -0.3 is 9.94 Å². The predicted octanol–water partition coefficient (Wildman–Crippen LogP) is 1.61. The molecule has 5 heteroatoms. The number of benzene rings is 1. The van der Waals surface area contributed by atoms with Gasteiger partial charge in [-0.3, -0.25) is 0 Å². The maximum atomic E-state index is 11.4. The molecule has 0 aromatic heterocycles. The third-order valence-corrected chi connectivity index (χ3v) is 2.03. The molecule has 5 nitrogen and oxygen atoms in total. The zero-order chi connectivity index (χ0) is 12.8. The number of carboxylic acids is 1. The fraction of sp³-hybridized carbons (Fsp3) is 0.167. The number of hydrogen-bond acceptors (Lipinski definition) is 4. The molecule has 0 fully saturated rings. The molecule has 0 saturated heterocycles. The van der Waals surface area contributed by atoms with Crippen molar-refractivity contribution < 1.29 is 19.5 Å². The highest BCUT2D eigenvalue weighted by Gasteiger charge is 2.19. The van der Waals surface area contributed by atoms with Gasteiger partial charge in [-0.2, -0.15) is 0 Å². The minimum Gasteiger partial charge on any atom is -0.477 e. The van der Waals surface area contributed by atoms with Crippen molar-refractivity contribution in [2.45, 2.75) is 6.92 Å². The summed E-state index contributed by atoms with van der Waals surface area (Å²) >= 11 is 0. The van der Waals surface area contributed by atoms with Crippen LogP contribution in [0.5, 0.6) is 0 Å². The van der Waals surface area contributed by atoms with E-state index in [9.17, 15) is 9.59 Å². The topological polar surface area (TPSA) is 66.8 Å². The van der Waals surface area contributed by atoms with E-state index in [0.29, 0.717) is 12.2 Å². The Morgan fingerprint density at radius 3 is 2.41 bits per heavy atom. The van der Waals surface area contributed by atoms with E-state index in [4.69, 9.17) is 9.94 Å². The second-order valence-electron chi connectivity index (χ2n) is 3.19. The number of nitrogens with zero attached hydrogens (tertiary/aromatic N) is 1. The molecule has 0 atom stereocenters. The Kier molecular flexibility index (Phi) is 4.28. The molecule has 0 spiro atoms. The monoisotopic (exact) mass is 235 g/mol. The number of anilines is 1. The van der Waals surface area contributed by atoms with Crippen molar-refractivity contribution >= 4 is 17.6 Å². The van der Waals surface area contributed by atoms with Gasteiger partial charge in [0.2, 0.25) is 0 Å². The van der Waals surface area contributed by atoms with Crippen molar-refractivity contribution in [2.24, 2.45) is 0 Å². The summed E-state index contributed by atoms with van der Waals surface area (Å²) < 4.78 is 0. The molecule has 17 heavy (non-hydrogen) atoms. The van der Waals surface area contributed by atoms with Gasteiger partial charge in [0, 0.05) is 0 Å². The highest BCUT2D eigenvalue weighted by atomic mass is 16.7. The van der Waals surface area contributed by atoms with Crippen LogP contribution in [0.3, 0.4) is 0 Å². The highest BCUT2D eigenvalue weighted by Crippen LogP contribution is 2.14. The first-order chi connectivity index (χ1) is 8.06. The van der Waals surface area contributed by atoms with Crippen molar-refractivity contribution in [1.82, 2.24) is 0 Å². The number of aliphatic carboxylic acids is 1. The molecule has 0 aliphatic rings. The molecule has 0 unspecified atom stereocenters. The average molecular weight is 235 g/mol. The van der Waals surface area contributed by atoms with Gasteiger partial charge in [-0.15, -0.1) is 0 Å². The van der Waals surface area contributed by atoms with Gasteiger partial charge in [-0.1, -0.05) is 24.8 Å². The fourth-order valence-electron chi connectivity index (χ4n) is 1.14. The number of rotatable bonds is 5. The van der Waals surface area contributed by atoms with Crippen molar-refractivity contribution in [3.05, 3.63) is 42.5 Å². The van der Waals surface area contributed by atoms with E-state index in [1.807, 2.05) is 6.07 Å². The third kappa shape index (κ3) is 3.34. The Bertz CT molecular complexity index is 427. The summed E-state index contributed by atoms with van der Waals surface area (Å²) in [6, 6.07) is 8.91. The molecule has 90 valence electrons. The van der Waals surface area contributed by atoms with Gasteiger partial charge in [0.1, 0.15) is 5.57 Å². The lowest BCUT2D eigenvalue weighted by Gasteiger charge is -2.21. The normalized spacial score (nSPS) is 9.47. The summed E-state index contributed by atoms with van der Waals surface area (Å²) in [7, 11) is 0. The number of carbonyl (C=O) groups is 2. The van der Waals surface area contributed by atoms with E-state index in [1.54, 1.807) is 31.2 Å². The SMILES string of the molecule is C=C(C(=O)O)C(=O)ON(CC)c1ccccc1. The van der Waals surface area contributed by atoms with E-state index in [1.165, 1.54) is 5.06 Å². The van der Waals surface area contributed by atoms with Crippen LogP contribution in [0, 0.1) is 0 Å². The summed E-state index contributed by atoms with van der Waals surface area (Å²) in [6.45, 7) is 5.32. The third-order valence-electron chi connectivity index (χ3n) is 2.03. The number of hydroxylamine groups is 1. The lowest BCUT2D eigenvalue weighted by Crippen LogP contribution is -2.29. The largest absolute Gasteiger partial charge is 0.477 e. The number of para-hydroxylation sites is 1. The van der Waals surface area contributed by atoms with Crippen molar-refractivity contribution in [3.8, 4) is 0 Å². The first kappa shape index (κ1) is 12.8. The molecule has 0 radical (unpaired) electrons. The lowest BCUT2D eigenvalue weighted by molar-refractivity contribution is -0.145. The maximum absolute atomic E-state index is 11.4. The van der Waals surface area contributed by atoms with E-state index in [0.717, 1.165) is 0 Å². The Morgan fingerprint density at radius 2 is 1.94 bits per heavy atom. The summed E-state index contributed by atoms with van der Waals surface area (Å²) in [6.07, 6.45) is 0. The second kappa shape index (κ2) is 5.69. The average Bonchev–Trinajstić information content (AvgIpc) is 2.35. The Labute approximate surface area is 98.9 Å². The Morgan fingerprint density at radius 1 is 1.35 bits per heavy atom. The summed E-state index contributed by atoms with van der Waals surface area (Å²) in [5.74, 6) is -2.36. The molecule has 0 amide bonds. The minimum atomic E-state index is -1.39. The van der Waals surface area contributed by atoms with Gasteiger partial charge in [0.15, 0.2) is 0 Å². The van der Waals surface area contributed by atoms with Crippen LogP contribution in [0.1, 0.15) is 6.92 Å². The van der Waals surface area contributed by atoms with E-state index >= 15 is 0 Å². The zero-order valence-corrected chi connectivity index (χ0v) is 9.42. The molecule has 0 saturated carbocycles. The second-order valence-corrected chi connectivity index (χ2v) is 3.19. The molecule has 1 rings (SSSR count). The van der Waals surface area contributed by atoms with Gasteiger partial charge in [-0.25, -0.2) is 14.7 Å². The maximum Gasteiger partial charge on any atom is 0.369 e. The van der Waals surface area contributed by atoms with Crippen LogP contribution in [0.25, 0.3) is 0 Å².